The van der Waals surface area contributed by atoms with Crippen molar-refractivity contribution in [3.8, 4) is 11.5 Å². The molecule has 3 aromatic rings. The Balaban J connectivity index is 1.63. The summed E-state index contributed by atoms with van der Waals surface area (Å²) in [4.78, 5) is 0.260. The topological polar surface area (TPSA) is 55.8 Å². The van der Waals surface area contributed by atoms with Crippen LogP contribution in [0.5, 0.6) is 11.5 Å². The zero-order valence-corrected chi connectivity index (χ0v) is 17.2. The molecule has 0 bridgehead atoms. The van der Waals surface area contributed by atoms with Crippen molar-refractivity contribution in [3.05, 3.63) is 84.4 Å². The van der Waals surface area contributed by atoms with Crippen molar-refractivity contribution in [2.45, 2.75) is 24.6 Å². The first-order chi connectivity index (χ1) is 13.9. The SMILES string of the molecule is Cc1ccc(S(=O)(=O)N(CC(C)B2Oc3ccccc3O2)c2ccccc2)cc1. The summed E-state index contributed by atoms with van der Waals surface area (Å²) in [5.74, 6) is 1.15. The van der Waals surface area contributed by atoms with E-state index in [2.05, 4.69) is 0 Å². The van der Waals surface area contributed by atoms with Gasteiger partial charge >= 0.3 is 7.12 Å². The van der Waals surface area contributed by atoms with Crippen molar-refractivity contribution < 1.29 is 17.7 Å². The lowest BCUT2D eigenvalue weighted by Crippen LogP contribution is -2.40. The highest BCUT2D eigenvalue weighted by Crippen LogP contribution is 2.36. The molecule has 0 aromatic heterocycles. The molecule has 5 nitrogen and oxygen atoms in total. The predicted octanol–water partition coefficient (Wildman–Crippen LogP) is 4.54. The number of fused-ring (bicyclic) bond motifs is 1. The van der Waals surface area contributed by atoms with Gasteiger partial charge < -0.3 is 9.31 Å². The summed E-state index contributed by atoms with van der Waals surface area (Å²) in [5, 5.41) is 0. The first-order valence-electron chi connectivity index (χ1n) is 9.52. The molecule has 1 aliphatic heterocycles. The summed E-state index contributed by atoms with van der Waals surface area (Å²) in [6, 6.07) is 23.5. The van der Waals surface area contributed by atoms with Crippen LogP contribution in [0.1, 0.15) is 12.5 Å². The molecule has 0 spiro atoms. The minimum atomic E-state index is -3.74. The van der Waals surface area contributed by atoms with E-state index in [1.165, 1.54) is 4.31 Å². The van der Waals surface area contributed by atoms with Gasteiger partial charge in [0.05, 0.1) is 10.6 Å². The lowest BCUT2D eigenvalue weighted by molar-refractivity contribution is 0.475. The van der Waals surface area contributed by atoms with E-state index in [9.17, 15) is 8.42 Å². The molecule has 0 amide bonds. The number of rotatable bonds is 6. The van der Waals surface area contributed by atoms with E-state index >= 15 is 0 Å². The van der Waals surface area contributed by atoms with Gasteiger partial charge in [-0.15, -0.1) is 0 Å². The van der Waals surface area contributed by atoms with Gasteiger partial charge in [-0.3, -0.25) is 4.31 Å². The number of nitrogens with zero attached hydrogens (tertiary/aromatic N) is 1. The molecule has 1 heterocycles. The molecule has 3 aromatic carbocycles. The van der Waals surface area contributed by atoms with E-state index < -0.39 is 17.1 Å². The smallest absolute Gasteiger partial charge is 0.523 e. The van der Waals surface area contributed by atoms with Crippen molar-refractivity contribution in [1.82, 2.24) is 0 Å². The molecule has 1 unspecified atom stereocenters. The van der Waals surface area contributed by atoms with Crippen molar-refractivity contribution >= 4 is 22.8 Å². The zero-order valence-electron chi connectivity index (χ0n) is 16.4. The van der Waals surface area contributed by atoms with Gasteiger partial charge in [0.15, 0.2) is 0 Å². The van der Waals surface area contributed by atoms with Gasteiger partial charge in [-0.05, 0) is 43.3 Å². The van der Waals surface area contributed by atoms with Crippen LogP contribution in [0.2, 0.25) is 5.82 Å². The quantitative estimate of drug-likeness (QED) is 0.563. The van der Waals surface area contributed by atoms with Gasteiger partial charge in [0.1, 0.15) is 11.5 Å². The van der Waals surface area contributed by atoms with Crippen LogP contribution in [-0.4, -0.2) is 22.1 Å². The fraction of sp³-hybridized carbons (Fsp3) is 0.182. The molecule has 0 radical (unpaired) electrons. The van der Waals surface area contributed by atoms with Gasteiger partial charge in [-0.25, -0.2) is 8.42 Å². The van der Waals surface area contributed by atoms with Crippen LogP contribution >= 0.6 is 0 Å². The number of hydrogen-bond acceptors (Lipinski definition) is 4. The number of anilines is 1. The van der Waals surface area contributed by atoms with E-state index in [4.69, 9.17) is 9.31 Å². The van der Waals surface area contributed by atoms with E-state index in [0.717, 1.165) is 5.56 Å². The third-order valence-electron chi connectivity index (χ3n) is 4.91. The highest BCUT2D eigenvalue weighted by atomic mass is 32.2. The summed E-state index contributed by atoms with van der Waals surface area (Å²) >= 11 is 0. The zero-order chi connectivity index (χ0) is 20.4. The first-order valence-corrected chi connectivity index (χ1v) is 11.0. The van der Waals surface area contributed by atoms with Crippen molar-refractivity contribution in [1.29, 1.82) is 0 Å². The molecule has 148 valence electrons. The van der Waals surface area contributed by atoms with Crippen molar-refractivity contribution in [2.24, 2.45) is 0 Å². The first kappa shape index (κ1) is 19.4. The number of para-hydroxylation sites is 3. The van der Waals surface area contributed by atoms with Gasteiger partial charge in [0.2, 0.25) is 0 Å². The van der Waals surface area contributed by atoms with Crippen LogP contribution in [0, 0.1) is 6.92 Å². The Labute approximate surface area is 172 Å². The Bertz CT molecular complexity index is 1060. The number of hydrogen-bond donors (Lipinski definition) is 0. The highest BCUT2D eigenvalue weighted by molar-refractivity contribution is 7.92. The summed E-state index contributed by atoms with van der Waals surface area (Å²) in [6.07, 6.45) is 0. The summed E-state index contributed by atoms with van der Waals surface area (Å²) in [6.45, 7) is 4.08. The second-order valence-electron chi connectivity index (χ2n) is 7.21. The molecule has 0 N–H and O–H groups in total. The van der Waals surface area contributed by atoms with Crippen LogP contribution in [0.3, 0.4) is 0 Å². The summed E-state index contributed by atoms with van der Waals surface area (Å²) in [7, 11) is -4.29. The Hall–Kier alpha value is -2.93. The van der Waals surface area contributed by atoms with Crippen LogP contribution in [0.4, 0.5) is 5.69 Å². The maximum Gasteiger partial charge on any atom is 0.599 e. The number of aryl methyl sites for hydroxylation is 1. The van der Waals surface area contributed by atoms with E-state index in [1.807, 2.05) is 56.3 Å². The molecule has 1 atom stereocenters. The molecule has 1 aliphatic rings. The van der Waals surface area contributed by atoms with Crippen LogP contribution < -0.4 is 13.6 Å². The van der Waals surface area contributed by atoms with E-state index in [1.54, 1.807) is 36.4 Å². The van der Waals surface area contributed by atoms with Gasteiger partial charge in [0, 0.05) is 12.4 Å². The molecular formula is C22H22BNO4S. The predicted molar refractivity (Wildman–Crippen MR) is 115 cm³/mol. The lowest BCUT2D eigenvalue weighted by atomic mass is 9.73. The third-order valence-corrected chi connectivity index (χ3v) is 6.72. The average molecular weight is 407 g/mol. The average Bonchev–Trinajstić information content (AvgIpc) is 3.17. The van der Waals surface area contributed by atoms with E-state index in [0.29, 0.717) is 17.2 Å². The highest BCUT2D eigenvalue weighted by Gasteiger charge is 2.40. The molecule has 4 rings (SSSR count). The van der Waals surface area contributed by atoms with Crippen molar-refractivity contribution in [3.63, 3.8) is 0 Å². The monoisotopic (exact) mass is 407 g/mol. The molecule has 7 heteroatoms. The fourth-order valence-corrected chi connectivity index (χ4v) is 4.84. The number of benzene rings is 3. The molecule has 0 fully saturated rings. The Morgan fingerprint density at radius 1 is 0.862 bits per heavy atom. The van der Waals surface area contributed by atoms with Crippen LogP contribution in [0.25, 0.3) is 0 Å². The fourth-order valence-electron chi connectivity index (χ4n) is 3.27. The Kier molecular flexibility index (Phi) is 5.24. The van der Waals surface area contributed by atoms with Gasteiger partial charge in [-0.1, -0.05) is 55.0 Å². The second-order valence-corrected chi connectivity index (χ2v) is 9.08. The van der Waals surface area contributed by atoms with Gasteiger partial charge in [0.25, 0.3) is 10.0 Å². The molecule has 0 saturated heterocycles. The van der Waals surface area contributed by atoms with Crippen molar-refractivity contribution in [2.75, 3.05) is 10.8 Å². The molecule has 0 saturated carbocycles. The Morgan fingerprint density at radius 2 is 1.41 bits per heavy atom. The normalized spacial score (nSPS) is 13.9. The maximum atomic E-state index is 13.5. The van der Waals surface area contributed by atoms with Crippen LogP contribution in [-0.2, 0) is 10.0 Å². The standard InChI is InChI=1S/C22H22BNO4S/c1-17-12-14-20(15-13-17)29(25,26)24(19-8-4-3-5-9-19)16-18(2)23-27-21-10-6-7-11-22(21)28-23/h3-15,18H,16H2,1-2H3. The van der Waals surface area contributed by atoms with E-state index in [-0.39, 0.29) is 17.3 Å². The summed E-state index contributed by atoms with van der Waals surface area (Å²) in [5.41, 5.74) is 1.62. The number of sulfonamides is 1. The van der Waals surface area contributed by atoms with Gasteiger partial charge in [-0.2, -0.15) is 0 Å². The molecule has 0 aliphatic carbocycles. The molecule has 29 heavy (non-hydrogen) atoms. The summed E-state index contributed by atoms with van der Waals surface area (Å²) < 4.78 is 40.1. The molecular weight excluding hydrogens is 385 g/mol. The Morgan fingerprint density at radius 3 is 2.00 bits per heavy atom. The minimum absolute atomic E-state index is 0.206. The minimum Gasteiger partial charge on any atom is -0.523 e. The lowest BCUT2D eigenvalue weighted by Gasteiger charge is -2.27. The largest absolute Gasteiger partial charge is 0.599 e. The van der Waals surface area contributed by atoms with Crippen LogP contribution in [0.15, 0.2) is 83.8 Å². The third kappa shape index (κ3) is 3.96. The second kappa shape index (κ2) is 7.83. The maximum absolute atomic E-state index is 13.5.